The number of halogens is 8. The van der Waals surface area contributed by atoms with E-state index in [9.17, 15) is 40.3 Å². The molecule has 40 heavy (non-hydrogen) atoms. The summed E-state index contributed by atoms with van der Waals surface area (Å²) in [6.07, 6.45) is -9.53. The first kappa shape index (κ1) is 29.1. The molecule has 0 fully saturated rings. The minimum Gasteiger partial charge on any atom is -0.384 e. The summed E-state index contributed by atoms with van der Waals surface area (Å²) in [6, 6.07) is 10.5. The Morgan fingerprint density at radius 1 is 1.02 bits per heavy atom. The van der Waals surface area contributed by atoms with Crippen LogP contribution < -0.4 is 10.6 Å². The summed E-state index contributed by atoms with van der Waals surface area (Å²) < 4.78 is 91.7. The molecule has 0 aromatic heterocycles. The first-order valence-corrected chi connectivity index (χ1v) is 11.9. The lowest BCUT2D eigenvalue weighted by Crippen LogP contribution is -2.40. The summed E-state index contributed by atoms with van der Waals surface area (Å²) in [5, 5.41) is 8.05. The lowest BCUT2D eigenvalue weighted by atomic mass is 9.86. The van der Waals surface area contributed by atoms with Crippen LogP contribution in [0.1, 0.15) is 40.4 Å². The van der Waals surface area contributed by atoms with Gasteiger partial charge in [0.2, 0.25) is 5.91 Å². The molecular formula is C26H19ClF7N3O3. The quantitative estimate of drug-likeness (QED) is 0.341. The number of benzene rings is 3. The van der Waals surface area contributed by atoms with Gasteiger partial charge in [0, 0.05) is 23.1 Å². The molecule has 0 saturated carbocycles. The van der Waals surface area contributed by atoms with Gasteiger partial charge in [-0.1, -0.05) is 47.1 Å². The Labute approximate surface area is 227 Å². The van der Waals surface area contributed by atoms with E-state index in [-0.39, 0.29) is 17.7 Å². The van der Waals surface area contributed by atoms with Crippen LogP contribution in [-0.4, -0.2) is 36.8 Å². The van der Waals surface area contributed by atoms with E-state index < -0.39 is 64.8 Å². The summed E-state index contributed by atoms with van der Waals surface area (Å²) in [6.45, 7) is -0.875. The van der Waals surface area contributed by atoms with Crippen molar-refractivity contribution >= 4 is 39.9 Å². The van der Waals surface area contributed by atoms with Crippen LogP contribution in [0, 0.1) is 5.82 Å². The van der Waals surface area contributed by atoms with Gasteiger partial charge in [-0.05, 0) is 35.9 Å². The molecule has 2 N–H and O–H groups in total. The van der Waals surface area contributed by atoms with Crippen molar-refractivity contribution in [1.82, 2.24) is 10.6 Å². The number of nitrogens with zero attached hydrogens (tertiary/aromatic N) is 1. The number of hydrogen-bond donors (Lipinski definition) is 2. The van der Waals surface area contributed by atoms with Gasteiger partial charge in [0.25, 0.3) is 5.91 Å². The minimum absolute atomic E-state index is 0.0981. The van der Waals surface area contributed by atoms with Crippen LogP contribution >= 0.6 is 11.6 Å². The first-order chi connectivity index (χ1) is 18.6. The Hall–Kier alpha value is -3.87. The molecule has 1 atom stereocenters. The average molecular weight is 590 g/mol. The van der Waals surface area contributed by atoms with Gasteiger partial charge in [0.05, 0.1) is 22.8 Å². The van der Waals surface area contributed by atoms with Crippen molar-refractivity contribution in [3.05, 3.63) is 81.6 Å². The van der Waals surface area contributed by atoms with Gasteiger partial charge in [-0.3, -0.25) is 9.59 Å². The number of alkyl halides is 6. The topological polar surface area (TPSA) is 79.8 Å². The highest BCUT2D eigenvalue weighted by atomic mass is 35.5. The fourth-order valence-electron chi connectivity index (χ4n) is 4.23. The van der Waals surface area contributed by atoms with E-state index in [1.54, 1.807) is 29.6 Å². The van der Waals surface area contributed by atoms with Crippen LogP contribution in [0.15, 0.2) is 53.7 Å². The monoisotopic (exact) mass is 589 g/mol. The van der Waals surface area contributed by atoms with Gasteiger partial charge >= 0.3 is 12.4 Å². The molecule has 3 aromatic rings. The maximum absolute atomic E-state index is 14.9. The summed E-state index contributed by atoms with van der Waals surface area (Å²) in [5.41, 5.74) is -2.43. The Morgan fingerprint density at radius 2 is 1.70 bits per heavy atom. The minimum atomic E-state index is -4.78. The first-order valence-electron chi connectivity index (χ1n) is 11.5. The lowest BCUT2D eigenvalue weighted by Gasteiger charge is -2.24. The number of nitrogens with one attached hydrogen (secondary N) is 2. The Morgan fingerprint density at radius 3 is 2.35 bits per heavy atom. The van der Waals surface area contributed by atoms with E-state index >= 15 is 0 Å². The van der Waals surface area contributed by atoms with E-state index in [0.717, 1.165) is 0 Å². The predicted molar refractivity (Wildman–Crippen MR) is 131 cm³/mol. The Balaban J connectivity index is 1.59. The molecule has 0 spiro atoms. The summed E-state index contributed by atoms with van der Waals surface area (Å²) in [7, 11) is 0. The number of hydrogen-bond acceptors (Lipinski definition) is 4. The molecule has 1 heterocycles. The largest absolute Gasteiger partial charge is 0.416 e. The zero-order chi connectivity index (χ0) is 29.5. The van der Waals surface area contributed by atoms with Crippen molar-refractivity contribution in [2.45, 2.75) is 31.3 Å². The van der Waals surface area contributed by atoms with Gasteiger partial charge in [-0.2, -0.15) is 26.3 Å². The van der Waals surface area contributed by atoms with Crippen molar-refractivity contribution in [2.24, 2.45) is 5.16 Å². The molecular weight excluding hydrogens is 571 g/mol. The van der Waals surface area contributed by atoms with E-state index in [0.29, 0.717) is 28.5 Å². The fraction of sp³-hybridized carbons (Fsp3) is 0.269. The van der Waals surface area contributed by atoms with Crippen LogP contribution in [0.3, 0.4) is 0 Å². The third-order valence-electron chi connectivity index (χ3n) is 6.16. The third-order valence-corrected chi connectivity index (χ3v) is 6.44. The maximum atomic E-state index is 14.9. The Bertz CT molecular complexity index is 1520. The molecule has 0 aliphatic carbocycles. The fourth-order valence-corrected chi connectivity index (χ4v) is 4.45. The molecule has 1 aliphatic rings. The molecule has 0 radical (unpaired) electrons. The van der Waals surface area contributed by atoms with Gasteiger partial charge < -0.3 is 15.5 Å². The Kier molecular flexibility index (Phi) is 7.72. The number of rotatable bonds is 6. The number of amides is 2. The second-order valence-electron chi connectivity index (χ2n) is 9.14. The highest BCUT2D eigenvalue weighted by Crippen LogP contribution is 2.43. The summed E-state index contributed by atoms with van der Waals surface area (Å²) in [5.74, 6) is -2.85. The summed E-state index contributed by atoms with van der Waals surface area (Å²) >= 11 is 5.75. The van der Waals surface area contributed by atoms with Crippen LogP contribution in [-0.2, 0) is 21.4 Å². The second-order valence-corrected chi connectivity index (χ2v) is 9.54. The highest BCUT2D eigenvalue weighted by molar-refractivity contribution is 6.31. The normalized spacial score (nSPS) is 17.4. The van der Waals surface area contributed by atoms with Crippen molar-refractivity contribution in [1.29, 1.82) is 0 Å². The lowest BCUT2D eigenvalue weighted by molar-refractivity contribution is -0.137. The predicted octanol–water partition coefficient (Wildman–Crippen LogP) is 6.10. The smallest absolute Gasteiger partial charge is 0.384 e. The van der Waals surface area contributed by atoms with Gasteiger partial charge in [-0.25, -0.2) is 4.39 Å². The zero-order valence-corrected chi connectivity index (χ0v) is 21.2. The number of fused-ring (bicyclic) bond motifs is 1. The highest BCUT2D eigenvalue weighted by Gasteiger charge is 2.42. The van der Waals surface area contributed by atoms with Crippen molar-refractivity contribution in [2.75, 3.05) is 13.1 Å². The van der Waals surface area contributed by atoms with Crippen molar-refractivity contribution in [3.8, 4) is 0 Å². The van der Waals surface area contributed by atoms with Gasteiger partial charge in [0.1, 0.15) is 12.4 Å². The van der Waals surface area contributed by atoms with Crippen LogP contribution in [0.4, 0.5) is 30.7 Å². The van der Waals surface area contributed by atoms with E-state index in [1.807, 2.05) is 0 Å². The van der Waals surface area contributed by atoms with Crippen LogP contribution in [0.2, 0.25) is 5.02 Å². The molecule has 1 unspecified atom stereocenters. The SMILES string of the molecule is CC1(c2cc(C(F)(F)F)cc(Cl)c2F)CC(c2ccc(C(=O)NCC(=O)NCC(F)(F)F)c3ccccc23)=NO1. The number of carbonyl (C=O) groups excluding carboxylic acids is 2. The number of oxime groups is 1. The molecule has 14 heteroatoms. The standard InChI is InChI=1S/C26H19ClF7N3O3/c1-24(18-8-13(26(32,33)34)9-19(27)22(18)28)10-20(37-40-24)16-6-7-17(15-5-3-2-4-14(15)16)23(39)35-11-21(38)36-12-25(29,30)31/h2-9H,10-12H2,1H3,(H,35,39)(H,36,38). The van der Waals surface area contributed by atoms with Gasteiger partial charge in [0.15, 0.2) is 5.60 Å². The molecule has 3 aromatic carbocycles. The second kappa shape index (κ2) is 10.6. The molecule has 0 saturated heterocycles. The maximum Gasteiger partial charge on any atom is 0.416 e. The van der Waals surface area contributed by atoms with Crippen LogP contribution in [0.5, 0.6) is 0 Å². The van der Waals surface area contributed by atoms with Crippen molar-refractivity contribution < 1.29 is 45.2 Å². The van der Waals surface area contributed by atoms with E-state index in [2.05, 4.69) is 10.5 Å². The molecule has 0 bridgehead atoms. The molecule has 6 nitrogen and oxygen atoms in total. The number of carbonyl (C=O) groups is 2. The van der Waals surface area contributed by atoms with E-state index in [1.165, 1.54) is 19.1 Å². The van der Waals surface area contributed by atoms with E-state index in [4.69, 9.17) is 16.4 Å². The molecule has 212 valence electrons. The zero-order valence-electron chi connectivity index (χ0n) is 20.4. The van der Waals surface area contributed by atoms with Crippen molar-refractivity contribution in [3.63, 3.8) is 0 Å². The molecule has 2 amide bonds. The molecule has 1 aliphatic heterocycles. The molecule has 4 rings (SSSR count). The van der Waals surface area contributed by atoms with Crippen LogP contribution in [0.25, 0.3) is 10.8 Å². The van der Waals surface area contributed by atoms with Gasteiger partial charge in [-0.15, -0.1) is 0 Å². The third kappa shape index (κ3) is 6.14. The summed E-state index contributed by atoms with van der Waals surface area (Å²) in [4.78, 5) is 29.9. The average Bonchev–Trinajstić information content (AvgIpc) is 3.28.